The maximum Gasteiger partial charge on any atom is 0.179 e. The van der Waals surface area contributed by atoms with Gasteiger partial charge in [-0.1, -0.05) is 12.1 Å². The zero-order valence-corrected chi connectivity index (χ0v) is 10.00. The molecule has 0 radical (unpaired) electrons. The first-order valence-electron chi connectivity index (χ1n) is 4.94. The minimum Gasteiger partial charge on any atom is -0.612 e. The molecule has 1 aromatic carbocycles. The van der Waals surface area contributed by atoms with Crippen LogP contribution in [0.2, 0.25) is 0 Å². The van der Waals surface area contributed by atoms with E-state index in [4.69, 9.17) is 5.73 Å². The van der Waals surface area contributed by atoms with Gasteiger partial charge in [-0.05, 0) is 23.3 Å². The van der Waals surface area contributed by atoms with E-state index in [1.165, 1.54) is 18.5 Å². The number of benzene rings is 1. The van der Waals surface area contributed by atoms with Gasteiger partial charge < -0.3 is 10.3 Å². The van der Waals surface area contributed by atoms with Crippen LogP contribution in [0.15, 0.2) is 41.4 Å². The van der Waals surface area contributed by atoms with E-state index in [1.807, 2.05) is 0 Å². The predicted octanol–water partition coefficient (Wildman–Crippen LogP) is 2.21. The van der Waals surface area contributed by atoms with Crippen LogP contribution in [0.1, 0.15) is 0 Å². The Bertz CT molecular complexity index is 546. The first-order valence-corrected chi connectivity index (χ1v) is 6.50. The molecule has 1 atom stereocenters. The molecule has 17 heavy (non-hydrogen) atoms. The van der Waals surface area contributed by atoms with Crippen LogP contribution < -0.4 is 5.73 Å². The minimum atomic E-state index is -1.22. The summed E-state index contributed by atoms with van der Waals surface area (Å²) in [5.41, 5.74) is 6.77. The Morgan fingerprint density at radius 2 is 2.00 bits per heavy atom. The molecular formula is C12H11FN2OS. The zero-order chi connectivity index (χ0) is 12.4. The van der Waals surface area contributed by atoms with E-state index >= 15 is 0 Å². The van der Waals surface area contributed by atoms with Gasteiger partial charge in [-0.2, -0.15) is 0 Å². The number of hydrogen-bond donors (Lipinski definition) is 1. The molecule has 0 saturated carbocycles. The van der Waals surface area contributed by atoms with Crippen LogP contribution in [0.25, 0.3) is 11.3 Å². The topological polar surface area (TPSA) is 62.0 Å². The highest BCUT2D eigenvalue weighted by Crippen LogP contribution is 2.30. The minimum absolute atomic E-state index is 0.262. The van der Waals surface area contributed by atoms with Crippen LogP contribution >= 0.6 is 0 Å². The van der Waals surface area contributed by atoms with Gasteiger partial charge in [0.2, 0.25) is 0 Å². The standard InChI is InChI=1S/C12H11FN2OS/c1-17(16)10-6-7-15-12(11(10)14)8-4-2-3-5-9(8)13/h2-7H,14H2,1H3. The Morgan fingerprint density at radius 1 is 1.29 bits per heavy atom. The van der Waals surface area contributed by atoms with Crippen molar-refractivity contribution < 1.29 is 8.94 Å². The van der Waals surface area contributed by atoms with Crippen LogP contribution in [0.3, 0.4) is 0 Å². The van der Waals surface area contributed by atoms with Crippen LogP contribution in [-0.4, -0.2) is 15.8 Å². The summed E-state index contributed by atoms with van der Waals surface area (Å²) < 4.78 is 25.1. The first kappa shape index (κ1) is 11.9. The van der Waals surface area contributed by atoms with Gasteiger partial charge in [-0.15, -0.1) is 0 Å². The number of nitrogens with two attached hydrogens (primary N) is 1. The molecule has 2 N–H and O–H groups in total. The molecule has 2 aromatic rings. The number of anilines is 1. The number of rotatable bonds is 2. The second-order valence-electron chi connectivity index (χ2n) is 3.51. The number of halogens is 1. The molecule has 0 aliphatic heterocycles. The summed E-state index contributed by atoms with van der Waals surface area (Å²) in [6, 6.07) is 7.81. The maximum absolute atomic E-state index is 13.6. The average Bonchev–Trinajstić information content (AvgIpc) is 2.30. The lowest BCUT2D eigenvalue weighted by molar-refractivity contribution is 0.601. The van der Waals surface area contributed by atoms with E-state index in [9.17, 15) is 8.94 Å². The predicted molar refractivity (Wildman–Crippen MR) is 66.4 cm³/mol. The Kier molecular flexibility index (Phi) is 3.31. The van der Waals surface area contributed by atoms with Crippen molar-refractivity contribution in [3.8, 4) is 11.3 Å². The number of hydrogen-bond acceptors (Lipinski definition) is 3. The van der Waals surface area contributed by atoms with Crippen LogP contribution in [0.4, 0.5) is 10.1 Å². The SMILES string of the molecule is C[S+]([O-])c1ccnc(-c2ccccc2F)c1N. The van der Waals surface area contributed by atoms with Crippen LogP contribution in [0, 0.1) is 5.82 Å². The lowest BCUT2D eigenvalue weighted by Gasteiger charge is -2.10. The van der Waals surface area contributed by atoms with Gasteiger partial charge in [0.25, 0.3) is 0 Å². The molecular weight excluding hydrogens is 239 g/mol. The smallest absolute Gasteiger partial charge is 0.179 e. The molecule has 0 aliphatic carbocycles. The van der Waals surface area contributed by atoms with E-state index < -0.39 is 17.0 Å². The van der Waals surface area contributed by atoms with Crippen molar-refractivity contribution in [3.63, 3.8) is 0 Å². The largest absolute Gasteiger partial charge is 0.612 e. The molecule has 0 bridgehead atoms. The molecule has 0 amide bonds. The summed E-state index contributed by atoms with van der Waals surface area (Å²) in [6.07, 6.45) is 3.01. The fourth-order valence-electron chi connectivity index (χ4n) is 1.57. The Labute approximate surface area is 102 Å². The van der Waals surface area contributed by atoms with Crippen molar-refractivity contribution >= 4 is 16.9 Å². The van der Waals surface area contributed by atoms with Crippen molar-refractivity contribution in [3.05, 3.63) is 42.3 Å². The highest BCUT2D eigenvalue weighted by atomic mass is 32.2. The van der Waals surface area contributed by atoms with Crippen molar-refractivity contribution in [2.24, 2.45) is 0 Å². The van der Waals surface area contributed by atoms with Crippen molar-refractivity contribution in [1.82, 2.24) is 4.98 Å². The van der Waals surface area contributed by atoms with Gasteiger partial charge in [-0.3, -0.25) is 4.98 Å². The Morgan fingerprint density at radius 3 is 2.65 bits per heavy atom. The van der Waals surface area contributed by atoms with Crippen LogP contribution in [-0.2, 0) is 11.2 Å². The van der Waals surface area contributed by atoms with Crippen molar-refractivity contribution in [2.75, 3.05) is 12.0 Å². The molecule has 2 rings (SSSR count). The number of aromatic nitrogens is 1. The molecule has 88 valence electrons. The van der Waals surface area contributed by atoms with Gasteiger partial charge in [-0.25, -0.2) is 4.39 Å². The third kappa shape index (κ3) is 2.25. The van der Waals surface area contributed by atoms with E-state index in [-0.39, 0.29) is 5.69 Å². The molecule has 0 saturated heterocycles. The average molecular weight is 250 g/mol. The van der Waals surface area contributed by atoms with Gasteiger partial charge in [0.15, 0.2) is 4.90 Å². The summed E-state index contributed by atoms with van der Waals surface area (Å²) in [7, 11) is 0. The fourth-order valence-corrected chi connectivity index (χ4v) is 2.23. The molecule has 0 aliphatic rings. The second-order valence-corrected chi connectivity index (χ2v) is 4.85. The van der Waals surface area contributed by atoms with Gasteiger partial charge in [0, 0.05) is 17.8 Å². The zero-order valence-electron chi connectivity index (χ0n) is 9.18. The van der Waals surface area contributed by atoms with Crippen molar-refractivity contribution in [1.29, 1.82) is 0 Å². The highest BCUT2D eigenvalue weighted by Gasteiger charge is 2.17. The number of nitrogens with zero attached hydrogens (tertiary/aromatic N) is 1. The summed E-state index contributed by atoms with van der Waals surface area (Å²) >= 11 is -1.22. The number of pyridine rings is 1. The molecule has 0 spiro atoms. The third-order valence-corrected chi connectivity index (χ3v) is 3.36. The summed E-state index contributed by atoms with van der Waals surface area (Å²) in [6.45, 7) is 0. The summed E-state index contributed by atoms with van der Waals surface area (Å²) in [4.78, 5) is 4.52. The molecule has 0 fully saturated rings. The number of nitrogen functional groups attached to an aromatic ring is 1. The van der Waals surface area contributed by atoms with E-state index in [2.05, 4.69) is 4.98 Å². The van der Waals surface area contributed by atoms with E-state index in [1.54, 1.807) is 24.3 Å². The molecule has 3 nitrogen and oxygen atoms in total. The van der Waals surface area contributed by atoms with Crippen molar-refractivity contribution in [2.45, 2.75) is 4.90 Å². The quantitative estimate of drug-likeness (QED) is 0.831. The molecule has 1 aromatic heterocycles. The fraction of sp³-hybridized carbons (Fsp3) is 0.0833. The van der Waals surface area contributed by atoms with Gasteiger partial charge in [0.1, 0.15) is 23.5 Å². The monoisotopic (exact) mass is 250 g/mol. The Hall–Kier alpha value is -1.59. The second kappa shape index (κ2) is 4.73. The lowest BCUT2D eigenvalue weighted by atomic mass is 10.1. The third-order valence-electron chi connectivity index (χ3n) is 2.39. The van der Waals surface area contributed by atoms with Gasteiger partial charge in [0.05, 0.1) is 0 Å². The molecule has 1 unspecified atom stereocenters. The summed E-state index contributed by atoms with van der Waals surface area (Å²) in [5.74, 6) is -0.397. The highest BCUT2D eigenvalue weighted by molar-refractivity contribution is 7.90. The van der Waals surface area contributed by atoms with Gasteiger partial charge >= 0.3 is 0 Å². The molecule has 5 heteroatoms. The Balaban J connectivity index is 2.61. The van der Waals surface area contributed by atoms with E-state index in [0.29, 0.717) is 16.2 Å². The summed E-state index contributed by atoms with van der Waals surface area (Å²) in [5, 5.41) is 0. The normalized spacial score (nSPS) is 12.4. The van der Waals surface area contributed by atoms with Crippen LogP contribution in [0.5, 0.6) is 0 Å². The first-order chi connectivity index (χ1) is 8.11. The lowest BCUT2D eigenvalue weighted by Crippen LogP contribution is -2.05. The molecule has 1 heterocycles. The van der Waals surface area contributed by atoms with E-state index in [0.717, 1.165) is 0 Å². The maximum atomic E-state index is 13.6.